The fraction of sp³-hybridized carbons (Fsp3) is 0.500. The predicted molar refractivity (Wildman–Crippen MR) is 49.2 cm³/mol. The zero-order valence-corrected chi connectivity index (χ0v) is 7.83. The van der Waals surface area contributed by atoms with Crippen LogP contribution in [-0.4, -0.2) is 20.9 Å². The Hall–Kier alpha value is -0.830. The summed E-state index contributed by atoms with van der Waals surface area (Å²) in [5.74, 6) is 0.678. The van der Waals surface area contributed by atoms with Crippen LogP contribution in [0.15, 0.2) is 18.3 Å². The van der Waals surface area contributed by atoms with E-state index in [1.807, 2.05) is 13.2 Å². The van der Waals surface area contributed by atoms with Gasteiger partial charge in [0.2, 0.25) is 0 Å². The van der Waals surface area contributed by atoms with Gasteiger partial charge < -0.3 is 0 Å². The molecule has 0 bridgehead atoms. The van der Waals surface area contributed by atoms with Gasteiger partial charge in [-0.1, -0.05) is 17.4 Å². The molecule has 0 aliphatic carbocycles. The molecule has 0 N–H and O–H groups in total. The van der Waals surface area contributed by atoms with Crippen molar-refractivity contribution < 1.29 is 0 Å². The number of allylic oxidation sites excluding steroid dienone is 2. The lowest BCUT2D eigenvalue weighted by molar-refractivity contribution is 0.713. The van der Waals surface area contributed by atoms with Crippen molar-refractivity contribution in [2.24, 2.45) is 7.05 Å². The number of nitrogens with zero attached hydrogens (tertiary/aromatic N) is 3. The van der Waals surface area contributed by atoms with Gasteiger partial charge in [0.25, 0.3) is 0 Å². The van der Waals surface area contributed by atoms with Crippen LogP contribution in [0.5, 0.6) is 0 Å². The Kier molecular flexibility index (Phi) is 3.80. The maximum atomic E-state index is 5.50. The summed E-state index contributed by atoms with van der Waals surface area (Å²) in [6.07, 6.45) is 7.78. The van der Waals surface area contributed by atoms with Crippen LogP contribution in [0.3, 0.4) is 0 Å². The first-order valence-electron chi connectivity index (χ1n) is 3.89. The van der Waals surface area contributed by atoms with E-state index in [9.17, 15) is 0 Å². The predicted octanol–water partition coefficient (Wildman–Crippen LogP) is 1.54. The largest absolute Gasteiger partial charge is 0.255 e. The van der Waals surface area contributed by atoms with Gasteiger partial charge in [-0.05, 0) is 6.42 Å². The third kappa shape index (κ3) is 3.05. The molecular weight excluding hydrogens is 174 g/mol. The molecule has 12 heavy (non-hydrogen) atoms. The first-order valence-corrected chi connectivity index (χ1v) is 4.42. The average molecular weight is 186 g/mol. The molecule has 0 aromatic carbocycles. The van der Waals surface area contributed by atoms with Crippen LogP contribution in [0.2, 0.25) is 0 Å². The van der Waals surface area contributed by atoms with Gasteiger partial charge >= 0.3 is 0 Å². The summed E-state index contributed by atoms with van der Waals surface area (Å²) in [5, 5.41) is 7.76. The molecule has 66 valence electrons. The fourth-order valence-corrected chi connectivity index (χ4v) is 1.000. The van der Waals surface area contributed by atoms with E-state index in [0.717, 1.165) is 18.5 Å². The Balaban J connectivity index is 2.33. The highest BCUT2D eigenvalue weighted by molar-refractivity contribution is 6.17. The Morgan fingerprint density at radius 1 is 1.58 bits per heavy atom. The summed E-state index contributed by atoms with van der Waals surface area (Å²) in [5.41, 5.74) is 0.989. The highest BCUT2D eigenvalue weighted by Gasteiger charge is 1.92. The molecule has 1 aromatic rings. The molecule has 0 saturated heterocycles. The topological polar surface area (TPSA) is 30.7 Å². The van der Waals surface area contributed by atoms with Crippen molar-refractivity contribution in [2.75, 3.05) is 5.88 Å². The van der Waals surface area contributed by atoms with Crippen molar-refractivity contribution in [3.63, 3.8) is 0 Å². The lowest BCUT2D eigenvalue weighted by Gasteiger charge is -1.85. The molecular formula is C8H12ClN3. The van der Waals surface area contributed by atoms with Crippen LogP contribution in [-0.2, 0) is 13.5 Å². The van der Waals surface area contributed by atoms with Crippen molar-refractivity contribution in [1.29, 1.82) is 0 Å². The van der Waals surface area contributed by atoms with E-state index in [0.29, 0.717) is 5.88 Å². The second-order valence-corrected chi connectivity index (χ2v) is 2.91. The SMILES string of the molecule is Cn1cc(C/C=C/CCCl)nn1. The summed E-state index contributed by atoms with van der Waals surface area (Å²) in [6.45, 7) is 0. The molecule has 0 amide bonds. The second kappa shape index (κ2) is 4.93. The second-order valence-electron chi connectivity index (χ2n) is 2.54. The maximum absolute atomic E-state index is 5.50. The van der Waals surface area contributed by atoms with Crippen molar-refractivity contribution in [3.05, 3.63) is 24.0 Å². The minimum absolute atomic E-state index is 0.678. The molecule has 0 saturated carbocycles. The quantitative estimate of drug-likeness (QED) is 0.527. The molecule has 0 radical (unpaired) electrons. The molecule has 3 nitrogen and oxygen atoms in total. The number of aromatic nitrogens is 3. The first-order chi connectivity index (χ1) is 5.83. The van der Waals surface area contributed by atoms with Gasteiger partial charge in [0.1, 0.15) is 0 Å². The number of alkyl halides is 1. The number of hydrogen-bond acceptors (Lipinski definition) is 2. The third-order valence-corrected chi connectivity index (χ3v) is 1.64. The van der Waals surface area contributed by atoms with Gasteiger partial charge in [0.05, 0.1) is 5.69 Å². The highest BCUT2D eigenvalue weighted by atomic mass is 35.5. The van der Waals surface area contributed by atoms with Crippen LogP contribution in [0.4, 0.5) is 0 Å². The molecule has 0 atom stereocenters. The maximum Gasteiger partial charge on any atom is 0.0864 e. The Morgan fingerprint density at radius 2 is 2.42 bits per heavy atom. The van der Waals surface area contributed by atoms with E-state index >= 15 is 0 Å². The summed E-state index contributed by atoms with van der Waals surface area (Å²) in [4.78, 5) is 0. The normalized spacial score (nSPS) is 11.2. The molecule has 0 unspecified atom stereocenters. The standard InChI is InChI=1S/C8H12ClN3/c1-12-7-8(10-11-12)5-3-2-4-6-9/h2-3,7H,4-6H2,1H3/b3-2+. The smallest absolute Gasteiger partial charge is 0.0864 e. The van der Waals surface area contributed by atoms with E-state index in [-0.39, 0.29) is 0 Å². The molecule has 0 aliphatic heterocycles. The highest BCUT2D eigenvalue weighted by Crippen LogP contribution is 1.95. The summed E-state index contributed by atoms with van der Waals surface area (Å²) >= 11 is 5.50. The van der Waals surface area contributed by atoms with Crippen LogP contribution in [0.1, 0.15) is 12.1 Å². The number of aryl methyl sites for hydroxylation is 1. The number of hydrogen-bond donors (Lipinski definition) is 0. The van der Waals surface area contributed by atoms with Crippen LogP contribution in [0, 0.1) is 0 Å². The van der Waals surface area contributed by atoms with Gasteiger partial charge in [-0.25, -0.2) is 0 Å². The third-order valence-electron chi connectivity index (χ3n) is 1.42. The molecule has 1 aromatic heterocycles. The lowest BCUT2D eigenvalue weighted by Crippen LogP contribution is -1.85. The molecule has 0 spiro atoms. The van der Waals surface area contributed by atoms with Gasteiger partial charge in [0, 0.05) is 25.5 Å². The number of rotatable bonds is 4. The van der Waals surface area contributed by atoms with Crippen molar-refractivity contribution in [3.8, 4) is 0 Å². The molecule has 1 heterocycles. The summed E-state index contributed by atoms with van der Waals surface area (Å²) < 4.78 is 1.70. The lowest BCUT2D eigenvalue weighted by atomic mass is 10.3. The minimum atomic E-state index is 0.678. The van der Waals surface area contributed by atoms with E-state index in [4.69, 9.17) is 11.6 Å². The van der Waals surface area contributed by atoms with Gasteiger partial charge in [-0.2, -0.15) is 0 Å². The van der Waals surface area contributed by atoms with Crippen LogP contribution in [0.25, 0.3) is 0 Å². The van der Waals surface area contributed by atoms with Crippen molar-refractivity contribution in [1.82, 2.24) is 15.0 Å². The minimum Gasteiger partial charge on any atom is -0.255 e. The summed E-state index contributed by atoms with van der Waals surface area (Å²) in [6, 6.07) is 0. The monoisotopic (exact) mass is 185 g/mol. The van der Waals surface area contributed by atoms with E-state index in [1.54, 1.807) is 4.68 Å². The molecule has 4 heteroatoms. The van der Waals surface area contributed by atoms with Gasteiger partial charge in [-0.15, -0.1) is 16.7 Å². The molecule has 0 fully saturated rings. The Morgan fingerprint density at radius 3 is 3.00 bits per heavy atom. The van der Waals surface area contributed by atoms with Crippen molar-refractivity contribution in [2.45, 2.75) is 12.8 Å². The molecule has 1 rings (SSSR count). The van der Waals surface area contributed by atoms with Crippen LogP contribution < -0.4 is 0 Å². The van der Waals surface area contributed by atoms with Gasteiger partial charge in [0.15, 0.2) is 0 Å². The van der Waals surface area contributed by atoms with Crippen LogP contribution >= 0.6 is 11.6 Å². The van der Waals surface area contributed by atoms with E-state index in [1.165, 1.54) is 0 Å². The average Bonchev–Trinajstić information content (AvgIpc) is 2.45. The van der Waals surface area contributed by atoms with Crippen molar-refractivity contribution >= 4 is 11.6 Å². The zero-order valence-electron chi connectivity index (χ0n) is 7.07. The fourth-order valence-electron chi connectivity index (χ4n) is 0.874. The van der Waals surface area contributed by atoms with E-state index in [2.05, 4.69) is 22.5 Å². The van der Waals surface area contributed by atoms with E-state index < -0.39 is 0 Å². The Labute approximate surface area is 77.0 Å². The summed E-state index contributed by atoms with van der Waals surface area (Å²) in [7, 11) is 1.86. The first kappa shape index (κ1) is 9.26. The van der Waals surface area contributed by atoms with Gasteiger partial charge in [-0.3, -0.25) is 4.68 Å². The molecule has 0 aliphatic rings. The Bertz CT molecular complexity index is 255. The zero-order chi connectivity index (χ0) is 8.81. The number of halogens is 1.